The first-order chi connectivity index (χ1) is 16.6. The van der Waals surface area contributed by atoms with Crippen LogP contribution in [0.25, 0.3) is 22.4 Å². The van der Waals surface area contributed by atoms with E-state index in [9.17, 15) is 31.4 Å². The molecular weight excluding hydrogens is 488 g/mol. The summed E-state index contributed by atoms with van der Waals surface area (Å²) in [5, 5.41) is 12.9. The highest BCUT2D eigenvalue weighted by Gasteiger charge is 2.37. The SMILES string of the molecule is O=S([O-])Nc1cccc(-c2c(NC3CCC(O)CC3)nc(C(F)(F)F)nc2-c2ccc(F)cc2)c1. The fourth-order valence-corrected chi connectivity index (χ4v) is 4.35. The van der Waals surface area contributed by atoms with Crippen LogP contribution in [0.15, 0.2) is 48.5 Å². The zero-order valence-corrected chi connectivity index (χ0v) is 19.0. The maximum absolute atomic E-state index is 13.8. The number of aliphatic hydroxyl groups excluding tert-OH is 1. The number of alkyl halides is 3. The molecule has 1 atom stereocenters. The molecule has 0 aliphatic heterocycles. The summed E-state index contributed by atoms with van der Waals surface area (Å²) in [6, 6.07) is 10.7. The molecule has 35 heavy (non-hydrogen) atoms. The van der Waals surface area contributed by atoms with E-state index >= 15 is 0 Å². The topological polar surface area (TPSA) is 110 Å². The van der Waals surface area contributed by atoms with Gasteiger partial charge >= 0.3 is 6.18 Å². The molecule has 3 aromatic rings. The van der Waals surface area contributed by atoms with E-state index in [1.54, 1.807) is 6.07 Å². The van der Waals surface area contributed by atoms with Crippen molar-refractivity contribution in [2.24, 2.45) is 0 Å². The molecule has 0 amide bonds. The second-order valence-corrected chi connectivity index (χ2v) is 8.86. The van der Waals surface area contributed by atoms with E-state index < -0.39 is 35.2 Å². The largest absolute Gasteiger partial charge is 0.755 e. The minimum atomic E-state index is -4.85. The van der Waals surface area contributed by atoms with Gasteiger partial charge in [0.15, 0.2) is 0 Å². The van der Waals surface area contributed by atoms with E-state index in [1.807, 2.05) is 0 Å². The first-order valence-electron chi connectivity index (χ1n) is 10.8. The van der Waals surface area contributed by atoms with E-state index in [0.29, 0.717) is 31.2 Å². The maximum Gasteiger partial charge on any atom is 0.451 e. The molecule has 186 valence electrons. The van der Waals surface area contributed by atoms with Gasteiger partial charge in [-0.3, -0.25) is 4.21 Å². The number of benzene rings is 2. The lowest BCUT2D eigenvalue weighted by Gasteiger charge is -2.28. The Kier molecular flexibility index (Phi) is 7.33. The summed E-state index contributed by atoms with van der Waals surface area (Å²) in [4.78, 5) is 7.60. The predicted octanol–water partition coefficient (Wildman–Crippen LogP) is 4.89. The second kappa shape index (κ2) is 10.3. The molecular formula is C23H21F4N4O3S-. The van der Waals surface area contributed by atoms with Crippen molar-refractivity contribution in [1.82, 2.24) is 9.97 Å². The lowest BCUT2D eigenvalue weighted by molar-refractivity contribution is -0.144. The third-order valence-electron chi connectivity index (χ3n) is 5.67. The van der Waals surface area contributed by atoms with E-state index in [0.717, 1.165) is 12.1 Å². The first kappa shape index (κ1) is 25.0. The van der Waals surface area contributed by atoms with Gasteiger partial charge < -0.3 is 19.7 Å². The van der Waals surface area contributed by atoms with Crippen molar-refractivity contribution in [3.8, 4) is 22.4 Å². The number of rotatable bonds is 6. The highest BCUT2D eigenvalue weighted by atomic mass is 32.2. The zero-order chi connectivity index (χ0) is 25.2. The lowest BCUT2D eigenvalue weighted by Crippen LogP contribution is -2.29. The van der Waals surface area contributed by atoms with Gasteiger partial charge in [0.1, 0.15) is 11.6 Å². The molecule has 2 aromatic carbocycles. The van der Waals surface area contributed by atoms with Crippen molar-refractivity contribution in [1.29, 1.82) is 0 Å². The normalized spacial score (nSPS) is 19.3. The molecule has 1 aliphatic rings. The van der Waals surface area contributed by atoms with Gasteiger partial charge in [-0.1, -0.05) is 12.1 Å². The predicted molar refractivity (Wildman–Crippen MR) is 122 cm³/mol. The lowest BCUT2D eigenvalue weighted by atomic mass is 9.92. The zero-order valence-electron chi connectivity index (χ0n) is 18.2. The molecule has 0 saturated heterocycles. The molecule has 3 N–H and O–H groups in total. The van der Waals surface area contributed by atoms with Crippen LogP contribution >= 0.6 is 0 Å². The monoisotopic (exact) mass is 509 g/mol. The Balaban J connectivity index is 1.92. The van der Waals surface area contributed by atoms with Gasteiger partial charge in [0.05, 0.1) is 17.4 Å². The fourth-order valence-electron chi connectivity index (χ4n) is 4.03. The minimum Gasteiger partial charge on any atom is -0.755 e. The van der Waals surface area contributed by atoms with Crippen LogP contribution in [-0.4, -0.2) is 36.0 Å². The summed E-state index contributed by atoms with van der Waals surface area (Å²) in [5.74, 6) is -2.02. The Bertz CT molecular complexity index is 1220. The summed E-state index contributed by atoms with van der Waals surface area (Å²) < 4.78 is 79.4. The summed E-state index contributed by atoms with van der Waals surface area (Å²) >= 11 is -2.62. The molecule has 1 fully saturated rings. The van der Waals surface area contributed by atoms with Crippen molar-refractivity contribution in [3.63, 3.8) is 0 Å². The van der Waals surface area contributed by atoms with Crippen molar-refractivity contribution < 1.29 is 31.4 Å². The molecule has 0 bridgehead atoms. The Morgan fingerprint density at radius 2 is 1.69 bits per heavy atom. The van der Waals surface area contributed by atoms with Gasteiger partial charge in [-0.15, -0.1) is 0 Å². The van der Waals surface area contributed by atoms with Crippen molar-refractivity contribution >= 4 is 22.8 Å². The van der Waals surface area contributed by atoms with Crippen molar-refractivity contribution in [3.05, 3.63) is 60.2 Å². The molecule has 7 nitrogen and oxygen atoms in total. The maximum atomic E-state index is 13.8. The first-order valence-corrected chi connectivity index (χ1v) is 11.8. The van der Waals surface area contributed by atoms with Crippen LogP contribution in [0.5, 0.6) is 0 Å². The molecule has 1 aliphatic carbocycles. The van der Waals surface area contributed by atoms with E-state index in [4.69, 9.17) is 0 Å². The Labute approximate surface area is 201 Å². The number of hydrogen-bond donors (Lipinski definition) is 3. The van der Waals surface area contributed by atoms with Gasteiger partial charge in [-0.2, -0.15) is 13.2 Å². The quantitative estimate of drug-likeness (QED) is 0.322. The van der Waals surface area contributed by atoms with E-state index in [1.165, 1.54) is 30.3 Å². The molecule has 1 heterocycles. The smallest absolute Gasteiger partial charge is 0.451 e. The summed E-state index contributed by atoms with van der Waals surface area (Å²) in [5.41, 5.74) is 0.878. The number of nitrogens with one attached hydrogen (secondary N) is 2. The Hall–Kier alpha value is -3.09. The van der Waals surface area contributed by atoms with Gasteiger partial charge in [0, 0.05) is 28.6 Å². The van der Waals surface area contributed by atoms with Gasteiger partial charge in [-0.25, -0.2) is 14.4 Å². The molecule has 1 saturated carbocycles. The average molecular weight is 510 g/mol. The second-order valence-electron chi connectivity index (χ2n) is 8.19. The van der Waals surface area contributed by atoms with E-state index in [2.05, 4.69) is 20.0 Å². The van der Waals surface area contributed by atoms with Crippen molar-refractivity contribution in [2.75, 3.05) is 10.0 Å². The highest BCUT2D eigenvalue weighted by molar-refractivity contribution is 7.80. The number of nitrogens with zero attached hydrogens (tertiary/aromatic N) is 2. The molecule has 1 aromatic heterocycles. The summed E-state index contributed by atoms with van der Waals surface area (Å²) in [6.07, 6.45) is -3.29. The molecule has 4 rings (SSSR count). The van der Waals surface area contributed by atoms with Gasteiger partial charge in [0.2, 0.25) is 5.82 Å². The number of halogens is 4. The average Bonchev–Trinajstić information content (AvgIpc) is 2.80. The number of anilines is 2. The van der Waals surface area contributed by atoms with Gasteiger partial charge in [0.25, 0.3) is 0 Å². The van der Waals surface area contributed by atoms with Crippen LogP contribution in [0.1, 0.15) is 31.5 Å². The molecule has 12 heteroatoms. The van der Waals surface area contributed by atoms with Crippen LogP contribution in [0.4, 0.5) is 29.1 Å². The van der Waals surface area contributed by atoms with Crippen LogP contribution in [0.2, 0.25) is 0 Å². The minimum absolute atomic E-state index is 0.0894. The molecule has 0 radical (unpaired) electrons. The van der Waals surface area contributed by atoms with Gasteiger partial charge in [-0.05, 0) is 67.6 Å². The Morgan fingerprint density at radius 3 is 2.31 bits per heavy atom. The Morgan fingerprint density at radius 1 is 1.00 bits per heavy atom. The number of hydrogen-bond acceptors (Lipinski definition) is 6. The van der Waals surface area contributed by atoms with E-state index in [-0.39, 0.29) is 34.4 Å². The van der Waals surface area contributed by atoms with Crippen LogP contribution in [0, 0.1) is 5.82 Å². The summed E-state index contributed by atoms with van der Waals surface area (Å²) in [6.45, 7) is 0. The van der Waals surface area contributed by atoms with Crippen LogP contribution < -0.4 is 10.0 Å². The standard InChI is InChI=1S/C23H22F4N4O3S/c24-15-6-4-13(5-7-15)20-19(14-2-1-3-17(12-14)31-35(33)34)21(30-22(29-20)23(25,26)27)28-16-8-10-18(32)11-9-16/h1-7,12,16,18,31-32H,8-11H2,(H,33,34)(H,28,29,30)/p-1. The third kappa shape index (κ3) is 6.13. The van der Waals surface area contributed by atoms with Crippen molar-refractivity contribution in [2.45, 2.75) is 44.0 Å². The number of aliphatic hydroxyl groups is 1. The van der Waals surface area contributed by atoms with Crippen LogP contribution in [-0.2, 0) is 17.4 Å². The number of aromatic nitrogens is 2. The molecule has 1 unspecified atom stereocenters. The summed E-state index contributed by atoms with van der Waals surface area (Å²) in [7, 11) is 0. The van der Waals surface area contributed by atoms with Crippen LogP contribution in [0.3, 0.4) is 0 Å². The highest BCUT2D eigenvalue weighted by Crippen LogP contribution is 2.40. The fraction of sp³-hybridized carbons (Fsp3) is 0.304. The third-order valence-corrected chi connectivity index (χ3v) is 6.07. The molecule has 0 spiro atoms.